The number of hydrogen-bond acceptors (Lipinski definition) is 5. The smallest absolute Gasteiger partial charge is 0.223 e. The fraction of sp³-hybridized carbons (Fsp3) is 0.450. The molecule has 6 rings (SSSR count). The van der Waals surface area contributed by atoms with Crippen LogP contribution in [0.2, 0.25) is 0 Å². The third-order valence-corrected chi connectivity index (χ3v) is 9.68. The van der Waals surface area contributed by atoms with Gasteiger partial charge in [-0.25, -0.2) is 9.97 Å². The Morgan fingerprint density at radius 1 is 0.918 bits per heavy atom. The summed E-state index contributed by atoms with van der Waals surface area (Å²) in [4.78, 5) is 46.4. The number of imidazole rings is 2. The lowest BCUT2D eigenvalue weighted by Crippen LogP contribution is -2.40. The van der Waals surface area contributed by atoms with Crippen molar-refractivity contribution in [2.45, 2.75) is 106 Å². The lowest BCUT2D eigenvalue weighted by Gasteiger charge is -2.33. The summed E-state index contributed by atoms with van der Waals surface area (Å²) in [5.74, 6) is 3.13. The second-order valence-corrected chi connectivity index (χ2v) is 14.0. The molecule has 1 aliphatic heterocycles. The van der Waals surface area contributed by atoms with Crippen LogP contribution < -0.4 is 4.74 Å². The van der Waals surface area contributed by atoms with E-state index >= 15 is 0 Å². The Morgan fingerprint density at radius 3 is 2.43 bits per heavy atom. The molecule has 2 aromatic heterocycles. The monoisotopic (exact) mass is 662 g/mol. The SMILES string of the molecule is CCCC(=O)N(Cc1nc2c(ccc3cc4c(cc32)OCc2cc(-c3cnc(C(C)N(C(=O)CCC)C(C)CC)[nH]3)ccc2-4)[nH]1)CC(C)C. The minimum Gasteiger partial charge on any atom is -0.488 e. The topological polar surface area (TPSA) is 107 Å². The van der Waals surface area contributed by atoms with Gasteiger partial charge in [0.1, 0.15) is 24.0 Å². The number of ether oxygens (including phenoxy) is 1. The highest BCUT2D eigenvalue weighted by Gasteiger charge is 2.27. The van der Waals surface area contributed by atoms with Gasteiger partial charge in [-0.05, 0) is 85.4 Å². The third kappa shape index (κ3) is 6.94. The van der Waals surface area contributed by atoms with Gasteiger partial charge in [0.25, 0.3) is 0 Å². The maximum atomic E-state index is 13.0. The Labute approximate surface area is 289 Å². The fourth-order valence-corrected chi connectivity index (χ4v) is 7.04. The predicted molar refractivity (Wildman–Crippen MR) is 196 cm³/mol. The van der Waals surface area contributed by atoms with Crippen LogP contribution in [0.1, 0.15) is 104 Å². The lowest BCUT2D eigenvalue weighted by atomic mass is 9.92. The number of aromatic amines is 2. The van der Waals surface area contributed by atoms with Gasteiger partial charge in [-0.2, -0.15) is 0 Å². The number of nitrogens with zero attached hydrogens (tertiary/aromatic N) is 4. The van der Waals surface area contributed by atoms with Crippen molar-refractivity contribution >= 4 is 33.6 Å². The normalized spacial score (nSPS) is 13.6. The fourth-order valence-electron chi connectivity index (χ4n) is 7.04. The average Bonchev–Trinajstić information content (AvgIpc) is 3.75. The van der Waals surface area contributed by atoms with E-state index in [1.165, 1.54) is 0 Å². The number of hydrogen-bond donors (Lipinski definition) is 2. The Morgan fingerprint density at radius 2 is 1.69 bits per heavy atom. The Bertz CT molecular complexity index is 1970. The number of carbonyl (C=O) groups excluding carboxylic acids is 2. The van der Waals surface area contributed by atoms with E-state index in [0.29, 0.717) is 38.5 Å². The highest BCUT2D eigenvalue weighted by molar-refractivity contribution is 6.07. The number of H-pyrrole nitrogens is 2. The van der Waals surface area contributed by atoms with Crippen molar-refractivity contribution in [3.63, 3.8) is 0 Å². The summed E-state index contributed by atoms with van der Waals surface area (Å²) < 4.78 is 6.37. The zero-order chi connectivity index (χ0) is 34.8. The molecule has 9 heteroatoms. The molecule has 0 aliphatic carbocycles. The molecule has 0 bridgehead atoms. The van der Waals surface area contributed by atoms with Crippen molar-refractivity contribution in [2.24, 2.45) is 5.92 Å². The van der Waals surface area contributed by atoms with Crippen molar-refractivity contribution in [1.29, 1.82) is 0 Å². The first kappa shape index (κ1) is 34.2. The molecule has 2 unspecified atom stereocenters. The van der Waals surface area contributed by atoms with Gasteiger partial charge in [-0.3, -0.25) is 9.59 Å². The second kappa shape index (κ2) is 14.4. The quantitative estimate of drug-likeness (QED) is 0.131. The van der Waals surface area contributed by atoms with Crippen LogP contribution in [0.15, 0.2) is 48.7 Å². The summed E-state index contributed by atoms with van der Waals surface area (Å²) in [6.07, 6.45) is 5.49. The van der Waals surface area contributed by atoms with Crippen molar-refractivity contribution in [2.75, 3.05) is 6.54 Å². The van der Waals surface area contributed by atoms with Gasteiger partial charge in [0.05, 0.1) is 35.5 Å². The maximum Gasteiger partial charge on any atom is 0.223 e. The zero-order valence-electron chi connectivity index (χ0n) is 30.0. The van der Waals surface area contributed by atoms with Gasteiger partial charge < -0.3 is 24.5 Å². The van der Waals surface area contributed by atoms with Crippen LogP contribution >= 0.6 is 0 Å². The number of benzene rings is 3. The van der Waals surface area contributed by atoms with Crippen LogP contribution in [0.4, 0.5) is 0 Å². The maximum absolute atomic E-state index is 13.0. The van der Waals surface area contributed by atoms with E-state index in [2.05, 4.69) is 87.1 Å². The van der Waals surface area contributed by atoms with Crippen molar-refractivity contribution in [3.8, 4) is 28.1 Å². The number of rotatable bonds is 13. The van der Waals surface area contributed by atoms with Gasteiger partial charge in [0.15, 0.2) is 0 Å². The van der Waals surface area contributed by atoms with E-state index < -0.39 is 0 Å². The Hall–Kier alpha value is -4.66. The number of nitrogens with one attached hydrogen (secondary N) is 2. The third-order valence-electron chi connectivity index (χ3n) is 9.68. The summed E-state index contributed by atoms with van der Waals surface area (Å²) >= 11 is 0. The van der Waals surface area contributed by atoms with Gasteiger partial charge in [0.2, 0.25) is 11.8 Å². The number of fused-ring (bicyclic) bond motifs is 6. The molecule has 49 heavy (non-hydrogen) atoms. The molecule has 2 N–H and O–H groups in total. The van der Waals surface area contributed by atoms with Gasteiger partial charge in [-0.1, -0.05) is 52.8 Å². The van der Waals surface area contributed by atoms with Crippen molar-refractivity contribution < 1.29 is 14.3 Å². The molecule has 258 valence electrons. The van der Waals surface area contributed by atoms with Crippen LogP contribution in [0.25, 0.3) is 44.2 Å². The lowest BCUT2D eigenvalue weighted by molar-refractivity contribution is -0.136. The highest BCUT2D eigenvalue weighted by Crippen LogP contribution is 2.42. The molecule has 5 aromatic rings. The van der Waals surface area contributed by atoms with Gasteiger partial charge in [-0.15, -0.1) is 0 Å². The van der Waals surface area contributed by atoms with E-state index in [1.807, 2.05) is 29.8 Å². The molecule has 0 saturated carbocycles. The molecule has 1 aliphatic rings. The minimum atomic E-state index is -0.150. The number of carbonyl (C=O) groups is 2. The van der Waals surface area contributed by atoms with Crippen LogP contribution in [0.3, 0.4) is 0 Å². The molecule has 0 saturated heterocycles. The average molecular weight is 663 g/mol. The van der Waals surface area contributed by atoms with Crippen LogP contribution in [0.5, 0.6) is 5.75 Å². The molecule has 0 radical (unpaired) electrons. The summed E-state index contributed by atoms with van der Waals surface area (Å²) in [7, 11) is 0. The minimum absolute atomic E-state index is 0.132. The highest BCUT2D eigenvalue weighted by atomic mass is 16.5. The van der Waals surface area contributed by atoms with Crippen molar-refractivity contribution in [3.05, 3.63) is 65.9 Å². The van der Waals surface area contributed by atoms with E-state index in [0.717, 1.165) is 86.4 Å². The standard InChI is InChI=1S/C40H50N6O3/c1-8-11-37(47)45(21-24(4)5)22-36-42-33-16-14-27-18-32-30-15-13-28(17-29(30)23-49-35(32)19-31(27)39(33)44-36)34-20-41-40(43-34)26(7)46(25(6)10-3)38(48)12-9-2/h13-20,24-26H,8-12,21-23H2,1-7H3,(H,41,43)(H,42,44). The van der Waals surface area contributed by atoms with E-state index in [1.54, 1.807) is 0 Å². The Kier molecular flexibility index (Phi) is 10.1. The first-order valence-electron chi connectivity index (χ1n) is 18.0. The van der Waals surface area contributed by atoms with Crippen molar-refractivity contribution in [1.82, 2.24) is 29.7 Å². The molecule has 2 amide bonds. The van der Waals surface area contributed by atoms with Crippen LogP contribution in [-0.4, -0.2) is 54.1 Å². The molecule has 9 nitrogen and oxygen atoms in total. The zero-order valence-corrected chi connectivity index (χ0v) is 30.0. The number of aromatic nitrogens is 4. The summed E-state index contributed by atoms with van der Waals surface area (Å²) in [6, 6.07) is 14.9. The molecule has 3 heterocycles. The Balaban J connectivity index is 1.27. The molecule has 3 aromatic carbocycles. The van der Waals surface area contributed by atoms with Crippen LogP contribution in [-0.2, 0) is 22.7 Å². The second-order valence-electron chi connectivity index (χ2n) is 14.0. The van der Waals surface area contributed by atoms with Gasteiger partial charge in [0, 0.05) is 36.4 Å². The molecule has 0 fully saturated rings. The van der Waals surface area contributed by atoms with E-state index in [-0.39, 0.29) is 23.9 Å². The molecular weight excluding hydrogens is 612 g/mol. The first-order chi connectivity index (χ1) is 23.6. The first-order valence-corrected chi connectivity index (χ1v) is 18.0. The molecular formula is C40H50N6O3. The van der Waals surface area contributed by atoms with E-state index in [4.69, 9.17) is 14.7 Å². The predicted octanol–water partition coefficient (Wildman–Crippen LogP) is 8.94. The number of amides is 2. The molecule has 0 spiro atoms. The summed E-state index contributed by atoms with van der Waals surface area (Å²) in [5, 5.41) is 2.11. The largest absolute Gasteiger partial charge is 0.488 e. The molecule has 2 atom stereocenters. The van der Waals surface area contributed by atoms with E-state index in [9.17, 15) is 9.59 Å². The van der Waals surface area contributed by atoms with Gasteiger partial charge >= 0.3 is 0 Å². The summed E-state index contributed by atoms with van der Waals surface area (Å²) in [5.41, 5.74) is 7.10. The summed E-state index contributed by atoms with van der Waals surface area (Å²) in [6.45, 7) is 16.2. The van der Waals surface area contributed by atoms with Crippen LogP contribution in [0, 0.1) is 5.92 Å².